The number of nitrogens with one attached hydrogen (secondary N) is 1. The molecule has 4 nitrogen and oxygen atoms in total. The minimum Gasteiger partial charge on any atom is -0.385 e. The highest BCUT2D eigenvalue weighted by molar-refractivity contribution is 5.53. The Morgan fingerprint density at radius 1 is 1.38 bits per heavy atom. The highest BCUT2D eigenvalue weighted by atomic mass is 16.6. The van der Waals surface area contributed by atoms with Gasteiger partial charge in [0.1, 0.15) is 0 Å². The molecule has 1 aromatic rings. The second kappa shape index (κ2) is 5.49. The number of aryl methyl sites for hydroxylation is 1. The summed E-state index contributed by atoms with van der Waals surface area (Å²) in [5.74, 6) is 0.632. The summed E-state index contributed by atoms with van der Waals surface area (Å²) in [6.07, 6.45) is 1.06. The van der Waals surface area contributed by atoms with Crippen molar-refractivity contribution in [2.45, 2.75) is 27.2 Å². The predicted octanol–water partition coefficient (Wildman–Crippen LogP) is 3.36. The summed E-state index contributed by atoms with van der Waals surface area (Å²) < 4.78 is 0. The Hall–Kier alpha value is -1.58. The maximum Gasteiger partial charge on any atom is 0.271 e. The van der Waals surface area contributed by atoms with Crippen LogP contribution in [0.5, 0.6) is 0 Å². The van der Waals surface area contributed by atoms with Crippen LogP contribution in [0.4, 0.5) is 11.4 Å². The lowest BCUT2D eigenvalue weighted by molar-refractivity contribution is -0.384. The zero-order valence-electron chi connectivity index (χ0n) is 9.99. The maximum atomic E-state index is 10.7. The normalized spacial score (nSPS) is 10.5. The van der Waals surface area contributed by atoms with Gasteiger partial charge in [-0.1, -0.05) is 13.8 Å². The largest absolute Gasteiger partial charge is 0.385 e. The lowest BCUT2D eigenvalue weighted by Crippen LogP contribution is -2.05. The van der Waals surface area contributed by atoms with E-state index in [1.165, 1.54) is 0 Å². The molecule has 1 rings (SSSR count). The Kier molecular flexibility index (Phi) is 4.28. The van der Waals surface area contributed by atoms with E-state index in [1.807, 2.05) is 13.0 Å². The van der Waals surface area contributed by atoms with Gasteiger partial charge in [-0.25, -0.2) is 0 Å². The maximum absolute atomic E-state index is 10.7. The molecule has 1 N–H and O–H groups in total. The van der Waals surface area contributed by atoms with E-state index in [4.69, 9.17) is 0 Å². The Morgan fingerprint density at radius 2 is 2.06 bits per heavy atom. The summed E-state index contributed by atoms with van der Waals surface area (Å²) in [6, 6.07) is 5.08. The number of rotatable bonds is 5. The van der Waals surface area contributed by atoms with Crippen LogP contribution in [0, 0.1) is 23.0 Å². The van der Waals surface area contributed by atoms with Crippen molar-refractivity contribution in [2.75, 3.05) is 11.9 Å². The molecular formula is C12H18N2O2. The van der Waals surface area contributed by atoms with E-state index >= 15 is 0 Å². The molecule has 4 heteroatoms. The van der Waals surface area contributed by atoms with E-state index in [0.717, 1.165) is 24.2 Å². The molecule has 0 aliphatic rings. The number of benzene rings is 1. The van der Waals surface area contributed by atoms with Gasteiger partial charge in [0.25, 0.3) is 5.69 Å². The summed E-state index contributed by atoms with van der Waals surface area (Å²) >= 11 is 0. The number of hydrogen-bond donors (Lipinski definition) is 1. The molecule has 88 valence electrons. The van der Waals surface area contributed by atoms with E-state index in [1.54, 1.807) is 12.1 Å². The molecule has 0 radical (unpaired) electrons. The second-order valence-corrected chi connectivity index (χ2v) is 4.42. The third kappa shape index (κ3) is 3.88. The van der Waals surface area contributed by atoms with Gasteiger partial charge in [-0.2, -0.15) is 0 Å². The first-order valence-corrected chi connectivity index (χ1v) is 5.49. The van der Waals surface area contributed by atoms with Gasteiger partial charge in [0, 0.05) is 24.4 Å². The van der Waals surface area contributed by atoms with Crippen molar-refractivity contribution >= 4 is 11.4 Å². The van der Waals surface area contributed by atoms with Crippen molar-refractivity contribution in [2.24, 2.45) is 5.92 Å². The van der Waals surface area contributed by atoms with Crippen molar-refractivity contribution in [1.82, 2.24) is 0 Å². The summed E-state index contributed by atoms with van der Waals surface area (Å²) in [4.78, 5) is 10.3. The van der Waals surface area contributed by atoms with Gasteiger partial charge in [-0.05, 0) is 30.9 Å². The highest BCUT2D eigenvalue weighted by Crippen LogP contribution is 2.20. The third-order valence-corrected chi connectivity index (χ3v) is 2.32. The number of hydrogen-bond acceptors (Lipinski definition) is 3. The highest BCUT2D eigenvalue weighted by Gasteiger charge is 2.07. The number of non-ortho nitro benzene ring substituents is 1. The number of nitro benzene ring substituents is 1. The molecule has 0 bridgehead atoms. The molecule has 1 aromatic carbocycles. The van der Waals surface area contributed by atoms with Gasteiger partial charge in [0.05, 0.1) is 4.92 Å². The topological polar surface area (TPSA) is 55.2 Å². The first-order chi connectivity index (χ1) is 7.49. The average Bonchev–Trinajstić information content (AvgIpc) is 2.16. The Bertz CT molecular complexity index is 375. The SMILES string of the molecule is Cc1cc(NCCC(C)C)cc([N+](=O)[O-])c1. The molecule has 0 aliphatic carbocycles. The van der Waals surface area contributed by atoms with E-state index in [0.29, 0.717) is 5.92 Å². The Morgan fingerprint density at radius 3 is 2.62 bits per heavy atom. The van der Waals surface area contributed by atoms with E-state index in [-0.39, 0.29) is 10.6 Å². The van der Waals surface area contributed by atoms with E-state index in [2.05, 4.69) is 19.2 Å². The molecule has 0 aromatic heterocycles. The predicted molar refractivity (Wildman–Crippen MR) is 65.8 cm³/mol. The molecule has 0 atom stereocenters. The fourth-order valence-corrected chi connectivity index (χ4v) is 1.48. The number of nitro groups is 1. The fourth-order valence-electron chi connectivity index (χ4n) is 1.48. The van der Waals surface area contributed by atoms with Crippen LogP contribution in [0.25, 0.3) is 0 Å². The molecule has 0 spiro atoms. The minimum atomic E-state index is -0.360. The second-order valence-electron chi connectivity index (χ2n) is 4.42. The van der Waals surface area contributed by atoms with Crippen molar-refractivity contribution in [3.8, 4) is 0 Å². The van der Waals surface area contributed by atoms with Crippen LogP contribution in [0.15, 0.2) is 18.2 Å². The van der Waals surface area contributed by atoms with Crippen molar-refractivity contribution < 1.29 is 4.92 Å². The lowest BCUT2D eigenvalue weighted by Gasteiger charge is -2.08. The van der Waals surface area contributed by atoms with E-state index in [9.17, 15) is 10.1 Å². The molecule has 0 saturated carbocycles. The van der Waals surface area contributed by atoms with E-state index < -0.39 is 0 Å². The summed E-state index contributed by atoms with van der Waals surface area (Å²) in [5.41, 5.74) is 1.88. The molecular weight excluding hydrogens is 204 g/mol. The van der Waals surface area contributed by atoms with Gasteiger partial charge >= 0.3 is 0 Å². The van der Waals surface area contributed by atoms with Crippen LogP contribution in [0.1, 0.15) is 25.8 Å². The van der Waals surface area contributed by atoms with Gasteiger partial charge in [-0.15, -0.1) is 0 Å². The Labute approximate surface area is 95.8 Å². The lowest BCUT2D eigenvalue weighted by atomic mass is 10.1. The molecule has 0 heterocycles. The van der Waals surface area contributed by atoms with Gasteiger partial charge in [-0.3, -0.25) is 10.1 Å². The van der Waals surface area contributed by atoms with Gasteiger partial charge < -0.3 is 5.32 Å². The fraction of sp³-hybridized carbons (Fsp3) is 0.500. The average molecular weight is 222 g/mol. The summed E-state index contributed by atoms with van der Waals surface area (Å²) in [7, 11) is 0. The number of nitrogens with zero attached hydrogens (tertiary/aromatic N) is 1. The third-order valence-electron chi connectivity index (χ3n) is 2.32. The molecule has 0 aliphatic heterocycles. The first-order valence-electron chi connectivity index (χ1n) is 5.49. The Balaban J connectivity index is 2.69. The van der Waals surface area contributed by atoms with Crippen molar-refractivity contribution in [1.29, 1.82) is 0 Å². The van der Waals surface area contributed by atoms with Gasteiger partial charge in [0.2, 0.25) is 0 Å². The van der Waals surface area contributed by atoms with Crippen LogP contribution >= 0.6 is 0 Å². The zero-order valence-corrected chi connectivity index (χ0v) is 9.99. The van der Waals surface area contributed by atoms with Crippen LogP contribution in [0.3, 0.4) is 0 Å². The smallest absolute Gasteiger partial charge is 0.271 e. The van der Waals surface area contributed by atoms with Crippen LogP contribution in [-0.4, -0.2) is 11.5 Å². The number of anilines is 1. The van der Waals surface area contributed by atoms with Crippen molar-refractivity contribution in [3.63, 3.8) is 0 Å². The van der Waals surface area contributed by atoms with Gasteiger partial charge in [0.15, 0.2) is 0 Å². The summed E-state index contributed by atoms with van der Waals surface area (Å²) in [6.45, 7) is 7.01. The van der Waals surface area contributed by atoms with Crippen molar-refractivity contribution in [3.05, 3.63) is 33.9 Å². The van der Waals surface area contributed by atoms with Crippen LogP contribution in [0.2, 0.25) is 0 Å². The van der Waals surface area contributed by atoms with Crippen LogP contribution < -0.4 is 5.32 Å². The molecule has 16 heavy (non-hydrogen) atoms. The zero-order chi connectivity index (χ0) is 12.1. The quantitative estimate of drug-likeness (QED) is 0.614. The molecule has 0 saturated heterocycles. The first kappa shape index (κ1) is 12.5. The molecule has 0 amide bonds. The molecule has 0 fully saturated rings. The standard InChI is InChI=1S/C12H18N2O2/c1-9(2)4-5-13-11-6-10(3)7-12(8-11)14(15)16/h6-9,13H,4-5H2,1-3H3. The van der Waals surface area contributed by atoms with Crippen LogP contribution in [-0.2, 0) is 0 Å². The molecule has 0 unspecified atom stereocenters. The minimum absolute atomic E-state index is 0.145. The monoisotopic (exact) mass is 222 g/mol. The summed E-state index contributed by atoms with van der Waals surface area (Å²) in [5, 5.41) is 13.9.